The molecule has 0 aromatic rings. The second-order valence-corrected chi connectivity index (χ2v) is 7.57. The van der Waals surface area contributed by atoms with E-state index in [9.17, 15) is 8.42 Å². The van der Waals surface area contributed by atoms with Gasteiger partial charge in [-0.25, -0.2) is 13.6 Å². The Labute approximate surface area is 135 Å². The second-order valence-electron chi connectivity index (χ2n) is 5.83. The number of nitrogens with one attached hydrogen (secondary N) is 2. The molecule has 0 aliphatic heterocycles. The molecule has 0 aliphatic rings. The van der Waals surface area contributed by atoms with Crippen LogP contribution in [-0.4, -0.2) is 63.3 Å². The van der Waals surface area contributed by atoms with Gasteiger partial charge in [-0.2, -0.15) is 0 Å². The van der Waals surface area contributed by atoms with E-state index >= 15 is 0 Å². The SMILES string of the molecule is CCNC(=NCCCN(C(C)C)C(C)C)NCCS(N)(=O)=O. The van der Waals surface area contributed by atoms with Crippen LogP contribution in [0.25, 0.3) is 0 Å². The molecule has 0 amide bonds. The third-order valence-electron chi connectivity index (χ3n) is 3.19. The quantitative estimate of drug-likeness (QED) is 0.304. The molecule has 0 aliphatic carbocycles. The maximum atomic E-state index is 10.9. The molecular weight excluding hydrogens is 302 g/mol. The van der Waals surface area contributed by atoms with Crippen LogP contribution in [0.2, 0.25) is 0 Å². The highest BCUT2D eigenvalue weighted by Gasteiger charge is 2.12. The van der Waals surface area contributed by atoms with Gasteiger partial charge in [0.1, 0.15) is 0 Å². The minimum absolute atomic E-state index is 0.105. The number of nitrogens with zero attached hydrogens (tertiary/aromatic N) is 2. The van der Waals surface area contributed by atoms with Crippen molar-refractivity contribution in [2.75, 3.05) is 31.9 Å². The lowest BCUT2D eigenvalue weighted by Gasteiger charge is -2.30. The Balaban J connectivity index is 4.26. The molecule has 0 rings (SSSR count). The molecule has 0 spiro atoms. The highest BCUT2D eigenvalue weighted by atomic mass is 32.2. The Kier molecular flexibility index (Phi) is 10.4. The van der Waals surface area contributed by atoms with Gasteiger partial charge in [0.2, 0.25) is 10.0 Å². The Bertz CT molecular complexity index is 413. The topological polar surface area (TPSA) is 99.8 Å². The second kappa shape index (κ2) is 10.8. The lowest BCUT2D eigenvalue weighted by molar-refractivity contribution is 0.174. The summed E-state index contributed by atoms with van der Waals surface area (Å²) in [5.41, 5.74) is 0. The maximum Gasteiger partial charge on any atom is 0.210 e. The van der Waals surface area contributed by atoms with E-state index in [2.05, 4.69) is 48.2 Å². The monoisotopic (exact) mass is 335 g/mol. The lowest BCUT2D eigenvalue weighted by Crippen LogP contribution is -2.40. The summed E-state index contributed by atoms with van der Waals surface area (Å²) in [4.78, 5) is 6.88. The van der Waals surface area contributed by atoms with Crippen LogP contribution in [-0.2, 0) is 10.0 Å². The van der Waals surface area contributed by atoms with Crippen LogP contribution < -0.4 is 15.8 Å². The first-order chi connectivity index (χ1) is 10.2. The molecule has 0 radical (unpaired) electrons. The number of rotatable bonds is 10. The van der Waals surface area contributed by atoms with Crippen LogP contribution in [0.1, 0.15) is 41.0 Å². The molecule has 0 heterocycles. The first-order valence-electron chi connectivity index (χ1n) is 7.95. The fourth-order valence-corrected chi connectivity index (χ4v) is 2.60. The molecule has 4 N–H and O–H groups in total. The summed E-state index contributed by atoms with van der Waals surface area (Å²) >= 11 is 0. The van der Waals surface area contributed by atoms with Crippen LogP contribution >= 0.6 is 0 Å². The van der Waals surface area contributed by atoms with Crippen LogP contribution in [0.3, 0.4) is 0 Å². The van der Waals surface area contributed by atoms with Gasteiger partial charge in [-0.1, -0.05) is 0 Å². The molecule has 22 heavy (non-hydrogen) atoms. The molecule has 132 valence electrons. The van der Waals surface area contributed by atoms with Crippen molar-refractivity contribution < 1.29 is 8.42 Å². The van der Waals surface area contributed by atoms with E-state index in [4.69, 9.17) is 5.14 Å². The summed E-state index contributed by atoms with van der Waals surface area (Å²) in [5.74, 6) is 0.526. The molecule has 8 heteroatoms. The van der Waals surface area contributed by atoms with Gasteiger partial charge in [0.15, 0.2) is 5.96 Å². The van der Waals surface area contributed by atoms with E-state index in [0.717, 1.165) is 19.5 Å². The Morgan fingerprint density at radius 3 is 2.23 bits per heavy atom. The summed E-state index contributed by atoms with van der Waals surface area (Å²) in [7, 11) is -3.44. The number of nitrogens with two attached hydrogens (primary N) is 1. The number of sulfonamides is 1. The van der Waals surface area contributed by atoms with Crippen molar-refractivity contribution in [2.45, 2.75) is 53.1 Å². The zero-order chi connectivity index (χ0) is 17.2. The number of hydrogen-bond donors (Lipinski definition) is 3. The van der Waals surface area contributed by atoms with Gasteiger partial charge in [-0.15, -0.1) is 0 Å². The minimum atomic E-state index is -3.44. The highest BCUT2D eigenvalue weighted by Crippen LogP contribution is 2.05. The Morgan fingerprint density at radius 2 is 1.77 bits per heavy atom. The first-order valence-corrected chi connectivity index (χ1v) is 9.67. The number of hydrogen-bond acceptors (Lipinski definition) is 4. The van der Waals surface area contributed by atoms with Crippen molar-refractivity contribution >= 4 is 16.0 Å². The molecule has 0 unspecified atom stereocenters. The van der Waals surface area contributed by atoms with Crippen LogP contribution in [0.5, 0.6) is 0 Å². The fraction of sp³-hybridized carbons (Fsp3) is 0.929. The molecule has 0 aromatic heterocycles. The summed E-state index contributed by atoms with van der Waals surface area (Å²) in [6.07, 6.45) is 0.960. The molecule has 0 fully saturated rings. The normalized spacial score (nSPS) is 13.2. The van der Waals surface area contributed by atoms with Crippen molar-refractivity contribution in [3.8, 4) is 0 Å². The number of guanidine groups is 1. The summed E-state index contributed by atoms with van der Waals surface area (Å²) in [6.45, 7) is 13.4. The molecule has 0 saturated heterocycles. The Hall–Kier alpha value is -0.860. The van der Waals surface area contributed by atoms with Crippen LogP contribution in [0, 0.1) is 0 Å². The third kappa shape index (κ3) is 10.8. The summed E-state index contributed by atoms with van der Waals surface area (Å²) in [5, 5.41) is 11.0. The largest absolute Gasteiger partial charge is 0.357 e. The Morgan fingerprint density at radius 1 is 1.18 bits per heavy atom. The van der Waals surface area contributed by atoms with Crippen molar-refractivity contribution in [3.05, 3.63) is 0 Å². The van der Waals surface area contributed by atoms with Gasteiger partial charge in [-0.3, -0.25) is 9.89 Å². The molecule has 0 bridgehead atoms. The lowest BCUT2D eigenvalue weighted by atomic mass is 10.2. The van der Waals surface area contributed by atoms with Crippen LogP contribution in [0.15, 0.2) is 4.99 Å². The molecule has 7 nitrogen and oxygen atoms in total. The average Bonchev–Trinajstić information content (AvgIpc) is 2.35. The van der Waals surface area contributed by atoms with E-state index in [1.807, 2.05) is 6.92 Å². The van der Waals surface area contributed by atoms with Gasteiger partial charge < -0.3 is 10.6 Å². The van der Waals surface area contributed by atoms with Gasteiger partial charge in [0.25, 0.3) is 0 Å². The predicted octanol–water partition coefficient (Wildman–Crippen LogP) is 0.339. The maximum absolute atomic E-state index is 10.9. The molecule has 0 saturated carbocycles. The first kappa shape index (κ1) is 21.1. The van der Waals surface area contributed by atoms with Gasteiger partial charge in [0.05, 0.1) is 5.75 Å². The van der Waals surface area contributed by atoms with Crippen LogP contribution in [0.4, 0.5) is 0 Å². The van der Waals surface area contributed by atoms with E-state index < -0.39 is 10.0 Å². The summed E-state index contributed by atoms with van der Waals surface area (Å²) < 4.78 is 21.8. The predicted molar refractivity (Wildman–Crippen MR) is 93.6 cm³/mol. The van der Waals surface area contributed by atoms with Crippen molar-refractivity contribution in [2.24, 2.45) is 10.1 Å². The van der Waals surface area contributed by atoms with E-state index in [0.29, 0.717) is 24.6 Å². The minimum Gasteiger partial charge on any atom is -0.357 e. The van der Waals surface area contributed by atoms with E-state index in [1.165, 1.54) is 0 Å². The smallest absolute Gasteiger partial charge is 0.210 e. The van der Waals surface area contributed by atoms with Crippen molar-refractivity contribution in [3.63, 3.8) is 0 Å². The standard InChI is InChI=1S/C14H33N5O2S/c1-6-16-14(18-9-11-22(15,20)21)17-8-7-10-19(12(2)3)13(4)5/h12-13H,6-11H2,1-5H3,(H2,15,20,21)(H2,16,17,18). The zero-order valence-electron chi connectivity index (χ0n) is 14.6. The molecule has 0 aromatic carbocycles. The molecular formula is C14H33N5O2S. The third-order valence-corrected chi connectivity index (χ3v) is 3.97. The number of primary sulfonamides is 1. The van der Waals surface area contributed by atoms with E-state index in [1.54, 1.807) is 0 Å². The van der Waals surface area contributed by atoms with Gasteiger partial charge >= 0.3 is 0 Å². The zero-order valence-corrected chi connectivity index (χ0v) is 15.4. The average molecular weight is 336 g/mol. The van der Waals surface area contributed by atoms with Crippen molar-refractivity contribution in [1.29, 1.82) is 0 Å². The fourth-order valence-electron chi connectivity index (χ4n) is 2.21. The molecule has 0 atom stereocenters. The highest BCUT2D eigenvalue weighted by molar-refractivity contribution is 7.89. The van der Waals surface area contributed by atoms with Crippen molar-refractivity contribution in [1.82, 2.24) is 15.5 Å². The summed E-state index contributed by atoms with van der Waals surface area (Å²) in [6, 6.07) is 1.04. The van der Waals surface area contributed by atoms with Gasteiger partial charge in [0, 0.05) is 38.3 Å². The van der Waals surface area contributed by atoms with E-state index in [-0.39, 0.29) is 12.3 Å². The van der Waals surface area contributed by atoms with Gasteiger partial charge in [-0.05, 0) is 41.0 Å². The number of aliphatic imine (C=N–C) groups is 1.